The number of hydrogen-bond acceptors (Lipinski definition) is 8. The monoisotopic (exact) mass is 392 g/mol. The van der Waals surface area contributed by atoms with Gasteiger partial charge in [0.15, 0.2) is 17.3 Å². The number of anilines is 5. The Morgan fingerprint density at radius 3 is 2.31 bits per heavy atom. The molecular weight excluding hydrogens is 368 g/mol. The Bertz CT molecular complexity index is 958. The van der Waals surface area contributed by atoms with Crippen LogP contribution in [0.25, 0.3) is 0 Å². The molecule has 4 rings (SSSR count). The van der Waals surface area contributed by atoms with Crippen molar-refractivity contribution in [3.8, 4) is 11.5 Å². The van der Waals surface area contributed by atoms with Gasteiger partial charge in [-0.25, -0.2) is 0 Å². The Balaban J connectivity index is 1.44. The maximum atomic E-state index is 5.33. The molecule has 29 heavy (non-hydrogen) atoms. The van der Waals surface area contributed by atoms with Gasteiger partial charge in [0, 0.05) is 36.2 Å². The van der Waals surface area contributed by atoms with Gasteiger partial charge in [0.05, 0.1) is 20.4 Å². The lowest BCUT2D eigenvalue weighted by Crippen LogP contribution is -2.17. The van der Waals surface area contributed by atoms with Gasteiger partial charge in [-0.3, -0.25) is 0 Å². The van der Waals surface area contributed by atoms with Gasteiger partial charge in [-0.15, -0.1) is 5.10 Å². The van der Waals surface area contributed by atoms with Crippen LogP contribution >= 0.6 is 0 Å². The second-order valence-electron chi connectivity index (χ2n) is 6.73. The summed E-state index contributed by atoms with van der Waals surface area (Å²) in [5.74, 6) is 2.27. The van der Waals surface area contributed by atoms with Crippen LogP contribution in [0.2, 0.25) is 0 Å². The predicted octanol–water partition coefficient (Wildman–Crippen LogP) is 3.98. The summed E-state index contributed by atoms with van der Waals surface area (Å²) in [5, 5.41) is 14.5. The summed E-state index contributed by atoms with van der Waals surface area (Å²) in [4.78, 5) is 6.89. The molecule has 0 spiro atoms. The van der Waals surface area contributed by atoms with E-state index in [1.807, 2.05) is 18.2 Å². The predicted molar refractivity (Wildman–Crippen MR) is 114 cm³/mol. The summed E-state index contributed by atoms with van der Waals surface area (Å²) < 4.78 is 10.6. The molecule has 0 aliphatic carbocycles. The minimum Gasteiger partial charge on any atom is -0.493 e. The molecule has 2 N–H and O–H groups in total. The summed E-state index contributed by atoms with van der Waals surface area (Å²) in [6, 6.07) is 13.9. The third-order valence-electron chi connectivity index (χ3n) is 4.81. The minimum absolute atomic E-state index is 0.385. The molecule has 8 nitrogen and oxygen atoms in total. The standard InChI is InChI=1S/C21H24N6O2/c1-28-18-10-7-16(13-19(18)29-2)24-21-25-20(14-22-26-21)23-15-5-8-17(9-6-15)27-11-3-4-12-27/h5-10,13-14H,3-4,11-12H2,1-2H3,(H2,23,24,25,26). The molecule has 1 aliphatic rings. The lowest BCUT2D eigenvalue weighted by Gasteiger charge is -2.17. The van der Waals surface area contributed by atoms with Crippen molar-refractivity contribution in [2.24, 2.45) is 0 Å². The van der Waals surface area contributed by atoms with Crippen LogP contribution in [0.1, 0.15) is 12.8 Å². The molecular formula is C21H24N6O2. The zero-order valence-corrected chi connectivity index (χ0v) is 16.6. The van der Waals surface area contributed by atoms with E-state index >= 15 is 0 Å². The van der Waals surface area contributed by atoms with Crippen molar-refractivity contribution >= 4 is 28.8 Å². The molecule has 1 aromatic heterocycles. The molecule has 1 aliphatic heterocycles. The molecule has 0 bridgehead atoms. The van der Waals surface area contributed by atoms with Crippen molar-refractivity contribution < 1.29 is 9.47 Å². The highest BCUT2D eigenvalue weighted by atomic mass is 16.5. The average Bonchev–Trinajstić information content (AvgIpc) is 3.29. The van der Waals surface area contributed by atoms with E-state index in [9.17, 15) is 0 Å². The Hall–Kier alpha value is -3.55. The minimum atomic E-state index is 0.385. The zero-order valence-electron chi connectivity index (χ0n) is 16.6. The molecule has 0 atom stereocenters. The smallest absolute Gasteiger partial charge is 0.249 e. The second kappa shape index (κ2) is 8.64. The molecule has 1 saturated heterocycles. The number of hydrogen-bond donors (Lipinski definition) is 2. The molecule has 2 aromatic carbocycles. The van der Waals surface area contributed by atoms with Crippen molar-refractivity contribution in [1.29, 1.82) is 0 Å². The third-order valence-corrected chi connectivity index (χ3v) is 4.81. The highest BCUT2D eigenvalue weighted by Crippen LogP contribution is 2.30. The van der Waals surface area contributed by atoms with E-state index in [0.29, 0.717) is 23.3 Å². The van der Waals surface area contributed by atoms with Crippen LogP contribution in [0.4, 0.5) is 28.8 Å². The average molecular weight is 392 g/mol. The van der Waals surface area contributed by atoms with Crippen molar-refractivity contribution in [3.63, 3.8) is 0 Å². The first-order chi connectivity index (χ1) is 14.2. The number of methoxy groups -OCH3 is 2. The van der Waals surface area contributed by atoms with E-state index in [-0.39, 0.29) is 0 Å². The van der Waals surface area contributed by atoms with E-state index in [2.05, 4.69) is 55.0 Å². The first kappa shape index (κ1) is 18.8. The van der Waals surface area contributed by atoms with E-state index in [0.717, 1.165) is 24.5 Å². The molecule has 8 heteroatoms. The summed E-state index contributed by atoms with van der Waals surface area (Å²) in [5.41, 5.74) is 2.98. The molecule has 150 valence electrons. The number of aromatic nitrogens is 3. The van der Waals surface area contributed by atoms with Crippen LogP contribution in [0, 0.1) is 0 Å². The van der Waals surface area contributed by atoms with Crippen molar-refractivity contribution in [2.45, 2.75) is 12.8 Å². The van der Waals surface area contributed by atoms with Crippen LogP contribution in [-0.2, 0) is 0 Å². The molecule has 0 saturated carbocycles. The van der Waals surface area contributed by atoms with Crippen molar-refractivity contribution in [1.82, 2.24) is 15.2 Å². The lowest BCUT2D eigenvalue weighted by atomic mass is 10.2. The largest absolute Gasteiger partial charge is 0.493 e. The second-order valence-corrected chi connectivity index (χ2v) is 6.73. The topological polar surface area (TPSA) is 84.4 Å². The van der Waals surface area contributed by atoms with E-state index in [4.69, 9.17) is 9.47 Å². The summed E-state index contributed by atoms with van der Waals surface area (Å²) in [6.07, 6.45) is 4.12. The molecule has 0 unspecified atom stereocenters. The third kappa shape index (κ3) is 4.48. The molecule has 1 fully saturated rings. The lowest BCUT2D eigenvalue weighted by molar-refractivity contribution is 0.355. The van der Waals surface area contributed by atoms with Crippen LogP contribution in [-0.4, -0.2) is 42.5 Å². The van der Waals surface area contributed by atoms with Gasteiger partial charge in [0.2, 0.25) is 5.95 Å². The Labute approximate surface area is 169 Å². The maximum absolute atomic E-state index is 5.33. The first-order valence-corrected chi connectivity index (χ1v) is 9.56. The number of benzene rings is 2. The molecule has 2 heterocycles. The van der Waals surface area contributed by atoms with Gasteiger partial charge in [0.25, 0.3) is 0 Å². The zero-order chi connectivity index (χ0) is 20.1. The fraction of sp³-hybridized carbons (Fsp3) is 0.286. The molecule has 0 radical (unpaired) electrons. The van der Waals surface area contributed by atoms with Gasteiger partial charge in [-0.2, -0.15) is 10.1 Å². The summed E-state index contributed by atoms with van der Waals surface area (Å²) >= 11 is 0. The molecule has 0 amide bonds. The maximum Gasteiger partial charge on any atom is 0.249 e. The van der Waals surface area contributed by atoms with Crippen LogP contribution in [0.3, 0.4) is 0 Å². The van der Waals surface area contributed by atoms with E-state index in [1.165, 1.54) is 18.5 Å². The van der Waals surface area contributed by atoms with Crippen LogP contribution in [0.15, 0.2) is 48.7 Å². The van der Waals surface area contributed by atoms with Gasteiger partial charge >= 0.3 is 0 Å². The fourth-order valence-corrected chi connectivity index (χ4v) is 3.34. The first-order valence-electron chi connectivity index (χ1n) is 9.56. The highest BCUT2D eigenvalue weighted by molar-refractivity contribution is 5.63. The number of ether oxygens (including phenoxy) is 2. The van der Waals surface area contributed by atoms with E-state index < -0.39 is 0 Å². The van der Waals surface area contributed by atoms with Gasteiger partial charge in [0.1, 0.15) is 0 Å². The number of nitrogens with zero attached hydrogens (tertiary/aromatic N) is 4. The van der Waals surface area contributed by atoms with E-state index in [1.54, 1.807) is 20.4 Å². The van der Waals surface area contributed by atoms with Crippen molar-refractivity contribution in [3.05, 3.63) is 48.7 Å². The number of nitrogens with one attached hydrogen (secondary N) is 2. The summed E-state index contributed by atoms with van der Waals surface area (Å²) in [6.45, 7) is 2.27. The highest BCUT2D eigenvalue weighted by Gasteiger charge is 2.12. The van der Waals surface area contributed by atoms with Crippen molar-refractivity contribution in [2.75, 3.05) is 42.8 Å². The fourth-order valence-electron chi connectivity index (χ4n) is 3.34. The number of rotatable bonds is 7. The SMILES string of the molecule is COc1ccc(Nc2nncc(Nc3ccc(N4CCCC4)cc3)n2)cc1OC. The Kier molecular flexibility index (Phi) is 5.60. The van der Waals surface area contributed by atoms with Gasteiger partial charge < -0.3 is 25.0 Å². The quantitative estimate of drug-likeness (QED) is 0.625. The Morgan fingerprint density at radius 1 is 0.862 bits per heavy atom. The molecule has 3 aromatic rings. The van der Waals surface area contributed by atoms with Gasteiger partial charge in [-0.1, -0.05) is 0 Å². The van der Waals surface area contributed by atoms with Crippen LogP contribution < -0.4 is 25.0 Å². The van der Waals surface area contributed by atoms with Gasteiger partial charge in [-0.05, 0) is 49.2 Å². The normalized spacial score (nSPS) is 13.2. The summed E-state index contributed by atoms with van der Waals surface area (Å²) in [7, 11) is 3.20. The van der Waals surface area contributed by atoms with Crippen LogP contribution in [0.5, 0.6) is 11.5 Å². The Morgan fingerprint density at radius 2 is 1.59 bits per heavy atom.